The van der Waals surface area contributed by atoms with Crippen LogP contribution in [-0.2, 0) is 0 Å². The van der Waals surface area contributed by atoms with Crippen molar-refractivity contribution in [1.29, 1.82) is 0 Å². The Labute approximate surface area is 110 Å². The quantitative estimate of drug-likeness (QED) is 0.870. The van der Waals surface area contributed by atoms with Crippen LogP contribution in [-0.4, -0.2) is 5.11 Å². The van der Waals surface area contributed by atoms with Crippen LogP contribution >= 0.6 is 38.9 Å². The molecular formula is C11H7BrClFOS. The Morgan fingerprint density at radius 1 is 1.38 bits per heavy atom. The summed E-state index contributed by atoms with van der Waals surface area (Å²) in [7, 11) is 0. The number of hydrogen-bond acceptors (Lipinski definition) is 2. The van der Waals surface area contributed by atoms with Crippen LogP contribution in [0.3, 0.4) is 0 Å². The van der Waals surface area contributed by atoms with E-state index >= 15 is 0 Å². The number of hydrogen-bond donors (Lipinski definition) is 1. The van der Waals surface area contributed by atoms with Gasteiger partial charge in [0, 0.05) is 15.1 Å². The fraction of sp³-hybridized carbons (Fsp3) is 0.0909. The molecule has 2 aromatic rings. The molecule has 0 saturated heterocycles. The molecule has 0 spiro atoms. The molecule has 1 atom stereocenters. The topological polar surface area (TPSA) is 20.2 Å². The average molecular weight is 322 g/mol. The SMILES string of the molecule is OC(c1ccc(F)cc1Cl)c1sccc1Br. The minimum Gasteiger partial charge on any atom is -0.383 e. The molecule has 0 amide bonds. The van der Waals surface area contributed by atoms with Gasteiger partial charge in [0.15, 0.2) is 0 Å². The smallest absolute Gasteiger partial charge is 0.124 e. The molecule has 1 aromatic carbocycles. The summed E-state index contributed by atoms with van der Waals surface area (Å²) in [5, 5.41) is 12.2. The molecule has 1 aromatic heterocycles. The van der Waals surface area contributed by atoms with Gasteiger partial charge >= 0.3 is 0 Å². The summed E-state index contributed by atoms with van der Waals surface area (Å²) in [4.78, 5) is 0.758. The monoisotopic (exact) mass is 320 g/mol. The fourth-order valence-corrected chi connectivity index (χ4v) is 3.23. The van der Waals surface area contributed by atoms with Crippen molar-refractivity contribution >= 4 is 38.9 Å². The second-order valence-electron chi connectivity index (χ2n) is 3.20. The second kappa shape index (κ2) is 4.84. The number of rotatable bonds is 2. The molecule has 2 rings (SSSR count). The van der Waals surface area contributed by atoms with Gasteiger partial charge in [-0.2, -0.15) is 0 Å². The molecule has 0 aliphatic heterocycles. The van der Waals surface area contributed by atoms with Crippen molar-refractivity contribution < 1.29 is 9.50 Å². The molecule has 84 valence electrons. The van der Waals surface area contributed by atoms with Gasteiger partial charge in [-0.05, 0) is 39.5 Å². The molecule has 0 radical (unpaired) electrons. The van der Waals surface area contributed by atoms with Crippen molar-refractivity contribution in [2.75, 3.05) is 0 Å². The number of thiophene rings is 1. The zero-order chi connectivity index (χ0) is 11.7. The molecule has 16 heavy (non-hydrogen) atoms. The summed E-state index contributed by atoms with van der Waals surface area (Å²) in [5.74, 6) is -0.411. The molecule has 0 fully saturated rings. The van der Waals surface area contributed by atoms with Gasteiger partial charge in [0.25, 0.3) is 0 Å². The molecule has 1 N–H and O–H groups in total. The highest BCUT2D eigenvalue weighted by molar-refractivity contribution is 9.10. The van der Waals surface area contributed by atoms with E-state index in [4.69, 9.17) is 11.6 Å². The van der Waals surface area contributed by atoms with E-state index < -0.39 is 11.9 Å². The molecule has 1 unspecified atom stereocenters. The van der Waals surface area contributed by atoms with E-state index in [0.29, 0.717) is 5.56 Å². The standard InChI is InChI=1S/C11H7BrClFOS/c12-8-3-4-16-11(8)10(15)7-2-1-6(14)5-9(7)13/h1-5,10,15H. The van der Waals surface area contributed by atoms with Crippen molar-refractivity contribution in [3.8, 4) is 0 Å². The Morgan fingerprint density at radius 2 is 2.12 bits per heavy atom. The lowest BCUT2D eigenvalue weighted by Gasteiger charge is -2.11. The van der Waals surface area contributed by atoms with Crippen molar-refractivity contribution in [1.82, 2.24) is 0 Å². The summed E-state index contributed by atoms with van der Waals surface area (Å²) in [6, 6.07) is 5.82. The van der Waals surface area contributed by atoms with Crippen molar-refractivity contribution in [3.05, 3.63) is 55.4 Å². The first-order valence-corrected chi connectivity index (χ1v) is 6.50. The third-order valence-corrected chi connectivity index (χ3v) is 4.40. The summed E-state index contributed by atoms with van der Waals surface area (Å²) in [6.07, 6.45) is -0.831. The Morgan fingerprint density at radius 3 is 2.69 bits per heavy atom. The number of benzene rings is 1. The number of aliphatic hydroxyl groups is 1. The van der Waals surface area contributed by atoms with Crippen LogP contribution in [0, 0.1) is 5.82 Å². The van der Waals surface area contributed by atoms with Crippen LogP contribution < -0.4 is 0 Å². The Kier molecular flexibility index (Phi) is 3.64. The number of halogens is 3. The maximum atomic E-state index is 12.9. The molecule has 1 nitrogen and oxygen atoms in total. The van der Waals surface area contributed by atoms with Crippen molar-refractivity contribution in [2.45, 2.75) is 6.10 Å². The van der Waals surface area contributed by atoms with Crippen LogP contribution in [0.1, 0.15) is 16.5 Å². The van der Waals surface area contributed by atoms with E-state index in [9.17, 15) is 9.50 Å². The fourth-order valence-electron chi connectivity index (χ4n) is 1.37. The summed E-state index contributed by atoms with van der Waals surface area (Å²) in [5.41, 5.74) is 0.506. The molecule has 0 bridgehead atoms. The van der Waals surface area contributed by atoms with Gasteiger partial charge in [0.2, 0.25) is 0 Å². The van der Waals surface area contributed by atoms with Gasteiger partial charge in [-0.1, -0.05) is 17.7 Å². The van der Waals surface area contributed by atoms with Crippen molar-refractivity contribution in [3.63, 3.8) is 0 Å². The Hall–Kier alpha value is -0.420. The van der Waals surface area contributed by atoms with Crippen LogP contribution in [0.25, 0.3) is 0 Å². The predicted molar refractivity (Wildman–Crippen MR) is 67.5 cm³/mol. The van der Waals surface area contributed by atoms with E-state index in [1.54, 1.807) is 0 Å². The first-order chi connectivity index (χ1) is 7.59. The normalized spacial score (nSPS) is 12.8. The number of aliphatic hydroxyl groups excluding tert-OH is 1. The summed E-state index contributed by atoms with van der Waals surface area (Å²) in [6.45, 7) is 0. The van der Waals surface area contributed by atoms with E-state index in [-0.39, 0.29) is 5.02 Å². The molecule has 0 aliphatic rings. The lowest BCUT2D eigenvalue weighted by molar-refractivity contribution is 0.223. The maximum Gasteiger partial charge on any atom is 0.124 e. The van der Waals surface area contributed by atoms with E-state index in [2.05, 4.69) is 15.9 Å². The predicted octanol–water partition coefficient (Wildman–Crippen LogP) is 4.38. The van der Waals surface area contributed by atoms with Crippen LogP contribution in [0.4, 0.5) is 4.39 Å². The second-order valence-corrected chi connectivity index (χ2v) is 5.41. The molecule has 1 heterocycles. The Balaban J connectivity index is 2.41. The molecule has 0 aliphatic carbocycles. The third kappa shape index (κ3) is 2.30. The van der Waals surface area contributed by atoms with E-state index in [0.717, 1.165) is 9.35 Å². The van der Waals surface area contributed by atoms with Gasteiger partial charge < -0.3 is 5.11 Å². The van der Waals surface area contributed by atoms with Crippen LogP contribution in [0.5, 0.6) is 0 Å². The zero-order valence-electron chi connectivity index (χ0n) is 7.95. The van der Waals surface area contributed by atoms with Gasteiger partial charge in [-0.15, -0.1) is 11.3 Å². The molecule has 0 saturated carbocycles. The molecular weight excluding hydrogens is 315 g/mol. The minimum absolute atomic E-state index is 0.229. The van der Waals surface area contributed by atoms with Gasteiger partial charge in [0.05, 0.1) is 4.88 Å². The minimum atomic E-state index is -0.831. The van der Waals surface area contributed by atoms with E-state index in [1.807, 2.05) is 11.4 Å². The van der Waals surface area contributed by atoms with Crippen molar-refractivity contribution in [2.24, 2.45) is 0 Å². The van der Waals surface area contributed by atoms with Gasteiger partial charge in [-0.3, -0.25) is 0 Å². The van der Waals surface area contributed by atoms with Crippen LogP contribution in [0.2, 0.25) is 5.02 Å². The highest BCUT2D eigenvalue weighted by Crippen LogP contribution is 2.35. The van der Waals surface area contributed by atoms with Gasteiger partial charge in [-0.25, -0.2) is 4.39 Å². The largest absolute Gasteiger partial charge is 0.383 e. The van der Waals surface area contributed by atoms with Crippen LogP contribution in [0.15, 0.2) is 34.1 Å². The lowest BCUT2D eigenvalue weighted by Crippen LogP contribution is -1.99. The first kappa shape index (κ1) is 12.0. The lowest BCUT2D eigenvalue weighted by atomic mass is 10.1. The van der Waals surface area contributed by atoms with E-state index in [1.165, 1.54) is 29.5 Å². The highest BCUT2D eigenvalue weighted by atomic mass is 79.9. The third-order valence-electron chi connectivity index (χ3n) is 2.15. The summed E-state index contributed by atoms with van der Waals surface area (Å²) >= 11 is 10.6. The summed E-state index contributed by atoms with van der Waals surface area (Å²) < 4.78 is 13.7. The first-order valence-electron chi connectivity index (χ1n) is 4.45. The maximum absolute atomic E-state index is 12.9. The van der Waals surface area contributed by atoms with Gasteiger partial charge in [0.1, 0.15) is 11.9 Å². The molecule has 5 heteroatoms. The highest BCUT2D eigenvalue weighted by Gasteiger charge is 2.18. The zero-order valence-corrected chi connectivity index (χ0v) is 11.1. The Bertz CT molecular complexity index is 514. The average Bonchev–Trinajstić information content (AvgIpc) is 2.63.